The van der Waals surface area contributed by atoms with E-state index in [1.807, 2.05) is 43.3 Å². The van der Waals surface area contributed by atoms with Crippen LogP contribution in [0.15, 0.2) is 47.1 Å². The number of rotatable bonds is 3. The molecule has 0 saturated heterocycles. The number of nitriles is 1. The largest absolute Gasteiger partial charge is 0.469 e. The molecule has 2 N–H and O–H groups in total. The van der Waals surface area contributed by atoms with Gasteiger partial charge in [0.2, 0.25) is 0 Å². The van der Waals surface area contributed by atoms with Crippen LogP contribution in [0.2, 0.25) is 0 Å². The minimum Gasteiger partial charge on any atom is -0.469 e. The highest BCUT2D eigenvalue weighted by Gasteiger charge is 2.28. The van der Waals surface area contributed by atoms with Gasteiger partial charge in [-0.2, -0.15) is 5.26 Å². The summed E-state index contributed by atoms with van der Waals surface area (Å²) in [6.45, 7) is 1.89. The van der Waals surface area contributed by atoms with Crippen LogP contribution in [0.1, 0.15) is 18.2 Å². The van der Waals surface area contributed by atoms with Crippen LogP contribution in [0.5, 0.6) is 0 Å². The molecule has 0 aliphatic heterocycles. The normalized spacial score (nSPS) is 13.9. The van der Waals surface area contributed by atoms with Crippen molar-refractivity contribution in [2.75, 3.05) is 5.73 Å². The molecule has 2 rings (SSSR count). The van der Waals surface area contributed by atoms with Gasteiger partial charge < -0.3 is 10.2 Å². The van der Waals surface area contributed by atoms with Crippen LogP contribution >= 0.6 is 0 Å². The van der Waals surface area contributed by atoms with E-state index in [1.165, 1.54) is 0 Å². The monoisotopic (exact) mass is 226 g/mol. The van der Waals surface area contributed by atoms with Crippen molar-refractivity contribution in [1.82, 2.24) is 0 Å². The molecule has 1 heterocycles. The van der Waals surface area contributed by atoms with Crippen molar-refractivity contribution >= 4 is 5.69 Å². The third-order valence-corrected chi connectivity index (χ3v) is 2.88. The zero-order valence-electron chi connectivity index (χ0n) is 9.68. The highest BCUT2D eigenvalue weighted by atomic mass is 16.3. The molecule has 3 heteroatoms. The van der Waals surface area contributed by atoms with E-state index in [0.29, 0.717) is 12.1 Å². The maximum atomic E-state index is 9.40. The van der Waals surface area contributed by atoms with Gasteiger partial charge in [-0.05, 0) is 36.8 Å². The Morgan fingerprint density at radius 1 is 1.35 bits per heavy atom. The fraction of sp³-hybridized carbons (Fsp3) is 0.214. The van der Waals surface area contributed by atoms with Gasteiger partial charge in [-0.3, -0.25) is 0 Å². The Morgan fingerprint density at radius 3 is 2.76 bits per heavy atom. The molecule has 0 bridgehead atoms. The van der Waals surface area contributed by atoms with Crippen LogP contribution in [0.3, 0.4) is 0 Å². The molecule has 86 valence electrons. The van der Waals surface area contributed by atoms with Gasteiger partial charge in [-0.1, -0.05) is 12.1 Å². The molecule has 0 aliphatic rings. The summed E-state index contributed by atoms with van der Waals surface area (Å²) >= 11 is 0. The molecule has 0 saturated carbocycles. The van der Waals surface area contributed by atoms with Gasteiger partial charge in [0.15, 0.2) is 0 Å². The zero-order chi connectivity index (χ0) is 12.3. The van der Waals surface area contributed by atoms with E-state index in [9.17, 15) is 5.26 Å². The fourth-order valence-corrected chi connectivity index (χ4v) is 1.85. The second-order valence-corrected chi connectivity index (χ2v) is 4.33. The number of nitrogen functional groups attached to an aromatic ring is 1. The zero-order valence-corrected chi connectivity index (χ0v) is 9.68. The molecule has 0 spiro atoms. The van der Waals surface area contributed by atoms with Crippen molar-refractivity contribution in [2.24, 2.45) is 0 Å². The summed E-state index contributed by atoms with van der Waals surface area (Å²) in [4.78, 5) is 0. The molecule has 1 aromatic heterocycles. The van der Waals surface area contributed by atoms with Crippen LogP contribution < -0.4 is 5.73 Å². The second kappa shape index (κ2) is 4.34. The van der Waals surface area contributed by atoms with Crippen LogP contribution in [0.25, 0.3) is 0 Å². The Hall–Kier alpha value is -2.21. The Balaban J connectivity index is 2.35. The van der Waals surface area contributed by atoms with Crippen molar-refractivity contribution in [2.45, 2.75) is 18.8 Å². The van der Waals surface area contributed by atoms with Crippen LogP contribution in [0.4, 0.5) is 5.69 Å². The van der Waals surface area contributed by atoms with Gasteiger partial charge >= 0.3 is 0 Å². The van der Waals surface area contributed by atoms with Gasteiger partial charge in [0.25, 0.3) is 0 Å². The topological polar surface area (TPSA) is 63.0 Å². The highest BCUT2D eigenvalue weighted by molar-refractivity contribution is 5.45. The van der Waals surface area contributed by atoms with Crippen molar-refractivity contribution in [3.63, 3.8) is 0 Å². The van der Waals surface area contributed by atoms with E-state index in [4.69, 9.17) is 10.2 Å². The van der Waals surface area contributed by atoms with Crippen LogP contribution in [0, 0.1) is 11.3 Å². The Kier molecular flexibility index (Phi) is 2.88. The number of hydrogen-bond acceptors (Lipinski definition) is 3. The van der Waals surface area contributed by atoms with Crippen LogP contribution in [-0.2, 0) is 11.8 Å². The number of anilines is 1. The first kappa shape index (κ1) is 11.3. The molecule has 0 amide bonds. The van der Waals surface area contributed by atoms with E-state index < -0.39 is 5.41 Å². The van der Waals surface area contributed by atoms with Crippen molar-refractivity contribution < 1.29 is 4.42 Å². The van der Waals surface area contributed by atoms with Crippen LogP contribution in [-0.4, -0.2) is 0 Å². The lowest BCUT2D eigenvalue weighted by molar-refractivity contribution is 0.462. The Bertz CT molecular complexity index is 540. The molecule has 0 fully saturated rings. The predicted molar refractivity (Wildman–Crippen MR) is 66.2 cm³/mol. The molecular weight excluding hydrogens is 212 g/mol. The highest BCUT2D eigenvalue weighted by Crippen LogP contribution is 2.28. The molecule has 1 aromatic carbocycles. The fourth-order valence-electron chi connectivity index (χ4n) is 1.85. The first-order valence-corrected chi connectivity index (χ1v) is 5.44. The van der Waals surface area contributed by atoms with Crippen molar-refractivity contribution in [1.29, 1.82) is 5.26 Å². The smallest absolute Gasteiger partial charge is 0.105 e. The third kappa shape index (κ3) is 2.31. The predicted octanol–water partition coefficient (Wildman–Crippen LogP) is 2.89. The SMILES string of the molecule is CC(C#N)(Cc1ccco1)c1cccc(N)c1. The number of nitrogens with zero attached hydrogens (tertiary/aromatic N) is 1. The van der Waals surface area contributed by atoms with Crippen molar-refractivity contribution in [3.05, 3.63) is 54.0 Å². The summed E-state index contributed by atoms with van der Waals surface area (Å²) in [5.41, 5.74) is 6.72. The van der Waals surface area contributed by atoms with E-state index in [-0.39, 0.29) is 0 Å². The summed E-state index contributed by atoms with van der Waals surface area (Å²) in [6.07, 6.45) is 2.16. The molecule has 1 atom stereocenters. The van der Waals surface area contributed by atoms with Gasteiger partial charge in [0.05, 0.1) is 17.7 Å². The lowest BCUT2D eigenvalue weighted by atomic mass is 9.80. The summed E-state index contributed by atoms with van der Waals surface area (Å²) in [7, 11) is 0. The maximum Gasteiger partial charge on any atom is 0.105 e. The van der Waals surface area contributed by atoms with E-state index in [1.54, 1.807) is 6.26 Å². The maximum absolute atomic E-state index is 9.40. The summed E-state index contributed by atoms with van der Waals surface area (Å²) < 4.78 is 5.30. The van der Waals surface area contributed by atoms with Gasteiger partial charge in [-0.15, -0.1) is 0 Å². The van der Waals surface area contributed by atoms with Gasteiger partial charge in [-0.25, -0.2) is 0 Å². The van der Waals surface area contributed by atoms with Gasteiger partial charge in [0.1, 0.15) is 5.76 Å². The average Bonchev–Trinajstić information content (AvgIpc) is 2.81. The number of benzene rings is 1. The minimum absolute atomic E-state index is 0.542. The van der Waals surface area contributed by atoms with Crippen molar-refractivity contribution in [3.8, 4) is 6.07 Å². The molecule has 17 heavy (non-hydrogen) atoms. The molecule has 0 radical (unpaired) electrons. The van der Waals surface area contributed by atoms with E-state index >= 15 is 0 Å². The lowest BCUT2D eigenvalue weighted by Gasteiger charge is -2.21. The average molecular weight is 226 g/mol. The molecule has 3 nitrogen and oxygen atoms in total. The molecule has 2 aromatic rings. The van der Waals surface area contributed by atoms with Gasteiger partial charge in [0, 0.05) is 12.1 Å². The van der Waals surface area contributed by atoms with E-state index in [2.05, 4.69) is 6.07 Å². The number of furan rings is 1. The number of hydrogen-bond donors (Lipinski definition) is 1. The summed E-state index contributed by atoms with van der Waals surface area (Å²) in [5.74, 6) is 0.802. The standard InChI is InChI=1S/C14H14N2O/c1-14(10-15,9-13-6-3-7-17-13)11-4-2-5-12(16)8-11/h2-8H,9,16H2,1H3. The van der Waals surface area contributed by atoms with E-state index in [0.717, 1.165) is 11.3 Å². The second-order valence-electron chi connectivity index (χ2n) is 4.33. The molecular formula is C14H14N2O. The molecule has 1 unspecified atom stereocenters. The first-order chi connectivity index (χ1) is 8.14. The lowest BCUT2D eigenvalue weighted by Crippen LogP contribution is -2.22. The summed E-state index contributed by atoms with van der Waals surface area (Å²) in [6, 6.07) is 13.5. The first-order valence-electron chi connectivity index (χ1n) is 5.44. The third-order valence-electron chi connectivity index (χ3n) is 2.88. The molecule has 0 aliphatic carbocycles. The quantitative estimate of drug-likeness (QED) is 0.818. The Labute approximate surface area is 100 Å². The number of nitrogens with two attached hydrogens (primary N) is 1. The summed E-state index contributed by atoms with van der Waals surface area (Å²) in [5, 5.41) is 9.40. The minimum atomic E-state index is -0.618. The Morgan fingerprint density at radius 2 is 2.18 bits per heavy atom.